The van der Waals surface area contributed by atoms with Crippen molar-refractivity contribution < 1.29 is 226 Å². The number of hydrogen-bond donors (Lipinski definition) is 2. The van der Waals surface area contributed by atoms with Gasteiger partial charge >= 0.3 is 0 Å². The molecule has 8 N–H and O–H groups in total. The minimum Gasteiger partial charge on any atom is -0.759 e. The number of quaternary nitrogens is 2. The zero-order valence-electron chi connectivity index (χ0n) is 6.54. The Morgan fingerprint density at radius 3 is 0.667 bits per heavy atom. The molecule has 0 saturated heterocycles. The SMILES string of the molecule is O=S(=O)([O-])[O-].[Ce].[Ce].[Ce].[Ce].[Ce].[NH4+].[NH4+]. The van der Waals surface area contributed by atoms with Crippen LogP contribution < -0.4 is 12.3 Å². The molecule has 0 aliphatic rings. The summed E-state index contributed by atoms with van der Waals surface area (Å²) in [7, 11) is -5.17. The van der Waals surface area contributed by atoms with E-state index in [0.717, 1.165) is 0 Å². The van der Waals surface area contributed by atoms with E-state index in [1.807, 2.05) is 0 Å². The Labute approximate surface area is 241 Å². The summed E-state index contributed by atoms with van der Waals surface area (Å²) in [6.45, 7) is 0. The molecule has 0 unspecified atom stereocenters. The standard InChI is InChI=1S/5Ce.2H3N.H2O4S/c;;;;;;;1-5(2,3)4/h;;;;;2*1H3;(H2,1,2,3,4). The summed E-state index contributed by atoms with van der Waals surface area (Å²) in [5.41, 5.74) is 0. The van der Waals surface area contributed by atoms with Gasteiger partial charge in [-0.1, -0.05) is 0 Å². The van der Waals surface area contributed by atoms with E-state index in [1.54, 1.807) is 0 Å². The van der Waals surface area contributed by atoms with Crippen LogP contribution in [0.3, 0.4) is 0 Å². The van der Waals surface area contributed by atoms with Crippen molar-refractivity contribution in [2.75, 3.05) is 0 Å². The van der Waals surface area contributed by atoms with Crippen molar-refractivity contribution in [3.05, 3.63) is 0 Å². The summed E-state index contributed by atoms with van der Waals surface area (Å²) in [4.78, 5) is 0. The van der Waals surface area contributed by atoms with Crippen LogP contribution in [0.25, 0.3) is 0 Å². The third kappa shape index (κ3) is 92.0. The maximum absolute atomic E-state index is 8.52. The van der Waals surface area contributed by atoms with E-state index in [9.17, 15) is 0 Å². The average molecular weight is 833 g/mol. The largest absolute Gasteiger partial charge is 0.759 e. The third-order valence-electron chi connectivity index (χ3n) is 0. The van der Waals surface area contributed by atoms with Crippen LogP contribution in [0.15, 0.2) is 0 Å². The van der Waals surface area contributed by atoms with Crippen molar-refractivity contribution in [2.24, 2.45) is 0 Å². The Bertz CT molecular complexity index is 105. The molecule has 0 spiro atoms. The van der Waals surface area contributed by atoms with Crippen LogP contribution in [-0.4, -0.2) is 17.5 Å². The zero-order chi connectivity index (χ0) is 4.50. The fourth-order valence-electron chi connectivity index (χ4n) is 0. The first-order chi connectivity index (χ1) is 2.00. The molecular weight excluding hydrogens is 825 g/mol. The Morgan fingerprint density at radius 2 is 0.667 bits per heavy atom. The molecule has 0 bridgehead atoms. The van der Waals surface area contributed by atoms with Crippen LogP contribution in [0.4, 0.5) is 0 Å². The van der Waals surface area contributed by atoms with Gasteiger partial charge in [0.15, 0.2) is 0 Å². The smallest absolute Gasteiger partial charge is 0.0311 e. The molecule has 12 heavy (non-hydrogen) atoms. The fraction of sp³-hybridized carbons (Fsp3) is 0. The molecule has 0 fully saturated rings. The van der Waals surface area contributed by atoms with Crippen LogP contribution >= 0.6 is 0 Å². The van der Waals surface area contributed by atoms with Gasteiger partial charge in [-0.05, 0) is 0 Å². The second-order valence-electron chi connectivity index (χ2n) is 0.408. The molecule has 6 nitrogen and oxygen atoms in total. The summed E-state index contributed by atoms with van der Waals surface area (Å²) >= 11 is 0. The van der Waals surface area contributed by atoms with E-state index in [1.165, 1.54) is 0 Å². The molecule has 0 radical (unpaired) electrons. The average Bonchev–Trinajstić information content (AvgIpc) is 0.722. The second kappa shape index (κ2) is 30.6. The molecule has 0 aromatic carbocycles. The monoisotopic (exact) mass is 832 g/mol. The van der Waals surface area contributed by atoms with Crippen LogP contribution in [0.5, 0.6) is 0 Å². The molecule has 0 aliphatic heterocycles. The maximum atomic E-state index is 8.52. The van der Waals surface area contributed by atoms with Gasteiger partial charge in [-0.15, -0.1) is 0 Å². The van der Waals surface area contributed by atoms with Crippen LogP contribution in [0.1, 0.15) is 0 Å². The first-order valence-corrected chi connectivity index (χ1v) is 2.00. The van der Waals surface area contributed by atoms with Crippen LogP contribution in [-0.2, 0) is 10.4 Å². The van der Waals surface area contributed by atoms with E-state index in [2.05, 4.69) is 0 Å². The summed E-state index contributed by atoms with van der Waals surface area (Å²) in [6, 6.07) is 0. The van der Waals surface area contributed by atoms with Gasteiger partial charge in [-0.25, -0.2) is 0 Å². The summed E-state index contributed by atoms with van der Waals surface area (Å²) in [5, 5.41) is 0. The minimum atomic E-state index is -5.17. The van der Waals surface area contributed by atoms with Gasteiger partial charge < -0.3 is 21.4 Å². The van der Waals surface area contributed by atoms with Crippen molar-refractivity contribution in [1.82, 2.24) is 12.3 Å². The van der Waals surface area contributed by atoms with Crippen molar-refractivity contribution in [3.8, 4) is 0 Å². The zero-order valence-corrected chi connectivity index (χ0v) is 23.1. The van der Waals surface area contributed by atoms with Crippen LogP contribution in [0.2, 0.25) is 0 Å². The first kappa shape index (κ1) is 51.2. The fourth-order valence-corrected chi connectivity index (χ4v) is 0. The maximum Gasteiger partial charge on any atom is 0.0311 e. The molecule has 0 saturated carbocycles. The summed E-state index contributed by atoms with van der Waals surface area (Å²) < 4.78 is 34.1. The minimum absolute atomic E-state index is 0. The topological polar surface area (TPSA) is 153 Å². The van der Waals surface area contributed by atoms with E-state index in [0.29, 0.717) is 0 Å². The van der Waals surface area contributed by atoms with Crippen molar-refractivity contribution >= 4 is 10.4 Å². The molecule has 0 atom stereocenters. The Hall–Kier alpha value is 6.67. The molecule has 0 aliphatic carbocycles. The predicted molar refractivity (Wildman–Crippen MR) is 22.4 cm³/mol. The first-order valence-electron chi connectivity index (χ1n) is 0.667. The summed E-state index contributed by atoms with van der Waals surface area (Å²) in [6.07, 6.45) is 0. The second-order valence-corrected chi connectivity index (χ2v) is 1.22. The molecular formula is H8Ce5N2O4S. The van der Waals surface area contributed by atoms with Gasteiger partial charge in [-0.3, -0.25) is 8.42 Å². The predicted octanol–water partition coefficient (Wildman–Crippen LogP) is -0.586. The van der Waals surface area contributed by atoms with Crippen LogP contribution in [0, 0.1) is 209 Å². The van der Waals surface area contributed by atoms with Gasteiger partial charge in [0.1, 0.15) is 0 Å². The van der Waals surface area contributed by atoms with Crippen molar-refractivity contribution in [2.45, 2.75) is 0 Å². The van der Waals surface area contributed by atoms with E-state index in [4.69, 9.17) is 17.5 Å². The quantitative estimate of drug-likeness (QED) is 0.248. The van der Waals surface area contributed by atoms with Crippen molar-refractivity contribution in [1.29, 1.82) is 0 Å². The normalized spacial score (nSPS) is 4.83. The molecule has 12 heteroatoms. The summed E-state index contributed by atoms with van der Waals surface area (Å²) in [5.74, 6) is 0. The molecule has 0 rings (SSSR count). The molecule has 0 aromatic heterocycles. The Kier molecular flexibility index (Phi) is 131. The van der Waals surface area contributed by atoms with E-state index in [-0.39, 0.29) is 221 Å². The number of rotatable bonds is 0. The van der Waals surface area contributed by atoms with Gasteiger partial charge in [-0.2, -0.15) is 0 Å². The van der Waals surface area contributed by atoms with Gasteiger partial charge in [0, 0.05) is 219 Å². The van der Waals surface area contributed by atoms with Gasteiger partial charge in [0.05, 0.1) is 0 Å². The third-order valence-corrected chi connectivity index (χ3v) is 0. The van der Waals surface area contributed by atoms with E-state index >= 15 is 0 Å². The molecule has 0 amide bonds. The number of hydrogen-bond acceptors (Lipinski definition) is 4. The Balaban J connectivity index is -0.00000000381. The molecule has 0 heterocycles. The molecule has 0 aromatic rings. The molecule has 68 valence electrons. The van der Waals surface area contributed by atoms with Crippen molar-refractivity contribution in [3.63, 3.8) is 0 Å². The van der Waals surface area contributed by atoms with Gasteiger partial charge in [0.2, 0.25) is 0 Å². The van der Waals surface area contributed by atoms with E-state index < -0.39 is 10.4 Å². The Morgan fingerprint density at radius 1 is 0.667 bits per heavy atom. The van der Waals surface area contributed by atoms with Gasteiger partial charge in [0.25, 0.3) is 0 Å².